The van der Waals surface area contributed by atoms with Crippen LogP contribution in [0.15, 0.2) is 90.0 Å². The maximum Gasteiger partial charge on any atom is 0.220 e. The van der Waals surface area contributed by atoms with Crippen LogP contribution in [0, 0.1) is 13.8 Å². The highest BCUT2D eigenvalue weighted by Crippen LogP contribution is 2.36. The SMILES string of the molecule is Bc1cc(C)c(Oc2cc(SB(C)Cc3ccccc3)c(OCc3ccccc3)cn2)c(C)c1. The van der Waals surface area contributed by atoms with Crippen molar-refractivity contribution in [3.05, 3.63) is 107 Å². The standard InChI is InChI=1S/C28H29B2NO2S/c1-20-14-24(29)15-21(2)28(20)33-27-16-26(34-30(3)17-22-10-6-4-7-11-22)25(18-31-27)32-19-23-12-8-5-9-13-23/h4-16,18H,17,19,29H2,1-3H3. The van der Waals surface area contributed by atoms with Crippen molar-refractivity contribution in [2.45, 2.75) is 38.5 Å². The van der Waals surface area contributed by atoms with Crippen molar-refractivity contribution in [1.82, 2.24) is 4.98 Å². The Kier molecular flexibility index (Phi) is 8.02. The number of ether oxygens (including phenoxy) is 2. The lowest BCUT2D eigenvalue weighted by Crippen LogP contribution is -2.08. The van der Waals surface area contributed by atoms with Gasteiger partial charge in [0.1, 0.15) is 20.2 Å². The molecule has 0 N–H and O–H groups in total. The van der Waals surface area contributed by atoms with E-state index in [9.17, 15) is 0 Å². The topological polar surface area (TPSA) is 31.4 Å². The Labute approximate surface area is 208 Å². The van der Waals surface area contributed by atoms with Gasteiger partial charge in [-0.25, -0.2) is 4.98 Å². The number of rotatable bonds is 9. The smallest absolute Gasteiger partial charge is 0.220 e. The lowest BCUT2D eigenvalue weighted by molar-refractivity contribution is 0.296. The average molecular weight is 465 g/mol. The fourth-order valence-electron chi connectivity index (χ4n) is 4.03. The maximum atomic E-state index is 6.27. The molecule has 0 amide bonds. The van der Waals surface area contributed by atoms with Crippen LogP contribution < -0.4 is 14.9 Å². The number of aromatic nitrogens is 1. The fourth-order valence-corrected chi connectivity index (χ4v) is 5.14. The normalized spacial score (nSPS) is 10.7. The van der Waals surface area contributed by atoms with Gasteiger partial charge in [-0.05, 0) is 36.9 Å². The molecule has 6 heteroatoms. The van der Waals surface area contributed by atoms with Gasteiger partial charge >= 0.3 is 0 Å². The fraction of sp³-hybridized carbons (Fsp3) is 0.179. The Morgan fingerprint density at radius 2 is 1.50 bits per heavy atom. The molecule has 34 heavy (non-hydrogen) atoms. The number of pyridine rings is 1. The number of nitrogens with zero attached hydrogens (tertiary/aromatic N) is 1. The molecule has 0 aliphatic heterocycles. The third-order valence-electron chi connectivity index (χ3n) is 5.55. The molecule has 0 saturated heterocycles. The summed E-state index contributed by atoms with van der Waals surface area (Å²) in [5.41, 5.74) is 5.89. The van der Waals surface area contributed by atoms with Crippen LogP contribution in [0.4, 0.5) is 0 Å². The van der Waals surface area contributed by atoms with Gasteiger partial charge in [0.05, 0.1) is 6.20 Å². The third-order valence-corrected chi connectivity index (χ3v) is 6.69. The Morgan fingerprint density at radius 3 is 2.15 bits per heavy atom. The van der Waals surface area contributed by atoms with Gasteiger partial charge in [-0.2, -0.15) is 11.6 Å². The van der Waals surface area contributed by atoms with Gasteiger partial charge in [-0.15, -0.1) is 0 Å². The summed E-state index contributed by atoms with van der Waals surface area (Å²) >= 11 is 1.79. The van der Waals surface area contributed by atoms with Crippen LogP contribution in [0.25, 0.3) is 0 Å². The summed E-state index contributed by atoms with van der Waals surface area (Å²) in [6.45, 7) is 6.89. The minimum absolute atomic E-state index is 0.361. The first kappa shape index (κ1) is 24.0. The van der Waals surface area contributed by atoms with Gasteiger partial charge in [-0.3, -0.25) is 0 Å². The largest absolute Gasteiger partial charge is 0.486 e. The Balaban J connectivity index is 1.57. The Bertz CT molecular complexity index is 1210. The van der Waals surface area contributed by atoms with E-state index in [1.54, 1.807) is 17.8 Å². The van der Waals surface area contributed by atoms with E-state index < -0.39 is 0 Å². The zero-order chi connectivity index (χ0) is 23.9. The monoisotopic (exact) mass is 465 g/mol. The van der Waals surface area contributed by atoms with Gasteiger partial charge in [-0.1, -0.05) is 90.6 Å². The highest BCUT2D eigenvalue weighted by molar-refractivity contribution is 8.25. The summed E-state index contributed by atoms with van der Waals surface area (Å²) in [4.78, 5) is 5.62. The van der Waals surface area contributed by atoms with E-state index in [1.807, 2.05) is 24.3 Å². The van der Waals surface area contributed by atoms with Gasteiger partial charge in [0.2, 0.25) is 11.9 Å². The lowest BCUT2D eigenvalue weighted by atomic mass is 9.73. The molecule has 170 valence electrons. The third kappa shape index (κ3) is 6.48. The van der Waals surface area contributed by atoms with Crippen molar-refractivity contribution in [2.75, 3.05) is 0 Å². The molecule has 0 fully saturated rings. The summed E-state index contributed by atoms with van der Waals surface area (Å²) in [6.07, 6.45) is 2.76. The maximum absolute atomic E-state index is 6.27. The predicted molar refractivity (Wildman–Crippen MR) is 147 cm³/mol. The Hall–Kier alpha value is -3.11. The molecule has 4 aromatic rings. The molecule has 0 atom stereocenters. The van der Waals surface area contributed by atoms with Crippen LogP contribution in [0.1, 0.15) is 22.3 Å². The molecule has 0 spiro atoms. The molecule has 0 unspecified atom stereocenters. The predicted octanol–water partition coefficient (Wildman–Crippen LogP) is 5.82. The van der Waals surface area contributed by atoms with E-state index in [-0.39, 0.29) is 0 Å². The van der Waals surface area contributed by atoms with Gasteiger partial charge < -0.3 is 9.47 Å². The quantitative estimate of drug-likeness (QED) is 0.292. The van der Waals surface area contributed by atoms with Crippen LogP contribution in [0.3, 0.4) is 0 Å². The first-order valence-corrected chi connectivity index (χ1v) is 12.5. The van der Waals surface area contributed by atoms with Gasteiger partial charge in [0, 0.05) is 11.0 Å². The molecule has 4 rings (SSSR count). The van der Waals surface area contributed by atoms with Crippen LogP contribution in [0.5, 0.6) is 17.4 Å². The van der Waals surface area contributed by atoms with Crippen LogP contribution >= 0.6 is 11.6 Å². The molecule has 0 radical (unpaired) electrons. The van der Waals surface area contributed by atoms with Crippen molar-refractivity contribution in [3.63, 3.8) is 0 Å². The van der Waals surface area contributed by atoms with E-state index >= 15 is 0 Å². The molecule has 0 saturated carbocycles. The average Bonchev–Trinajstić information content (AvgIpc) is 2.82. The molecule has 0 aliphatic rings. The van der Waals surface area contributed by atoms with E-state index in [4.69, 9.17) is 9.47 Å². The minimum Gasteiger partial charge on any atom is -0.486 e. The summed E-state index contributed by atoms with van der Waals surface area (Å²) in [5.74, 6) is 2.58. The molecular weight excluding hydrogens is 436 g/mol. The van der Waals surface area contributed by atoms with Crippen molar-refractivity contribution in [3.8, 4) is 17.4 Å². The molecular formula is C28H29B2NO2S. The van der Waals surface area contributed by atoms with Crippen molar-refractivity contribution in [2.24, 2.45) is 0 Å². The number of aryl methyl sites for hydroxylation is 2. The second kappa shape index (κ2) is 11.3. The first-order valence-electron chi connectivity index (χ1n) is 11.6. The lowest BCUT2D eigenvalue weighted by Gasteiger charge is -2.16. The molecule has 3 nitrogen and oxygen atoms in total. The molecule has 0 bridgehead atoms. The number of hydrogen-bond donors (Lipinski definition) is 0. The highest BCUT2D eigenvalue weighted by Gasteiger charge is 2.17. The molecule has 0 aliphatic carbocycles. The number of hydrogen-bond acceptors (Lipinski definition) is 4. The van der Waals surface area contributed by atoms with Crippen molar-refractivity contribution < 1.29 is 9.47 Å². The van der Waals surface area contributed by atoms with Crippen LogP contribution in [0.2, 0.25) is 6.82 Å². The Morgan fingerprint density at radius 1 is 0.882 bits per heavy atom. The molecule has 3 aromatic carbocycles. The van der Waals surface area contributed by atoms with E-state index in [0.29, 0.717) is 18.5 Å². The van der Waals surface area contributed by atoms with Crippen molar-refractivity contribution >= 4 is 30.9 Å². The van der Waals surface area contributed by atoms with E-state index in [1.165, 1.54) is 11.0 Å². The van der Waals surface area contributed by atoms with Crippen molar-refractivity contribution in [1.29, 1.82) is 0 Å². The second-order valence-corrected chi connectivity index (χ2v) is 10.2. The summed E-state index contributed by atoms with van der Waals surface area (Å²) < 4.78 is 12.5. The van der Waals surface area contributed by atoms with Gasteiger partial charge in [0.15, 0.2) is 5.75 Å². The first-order chi connectivity index (χ1) is 16.5. The summed E-state index contributed by atoms with van der Waals surface area (Å²) in [7, 11) is 2.10. The zero-order valence-electron chi connectivity index (χ0n) is 20.2. The van der Waals surface area contributed by atoms with E-state index in [2.05, 4.69) is 88.1 Å². The molecule has 1 heterocycles. The van der Waals surface area contributed by atoms with Crippen LogP contribution in [-0.4, -0.2) is 18.8 Å². The minimum atomic E-state index is 0.361. The zero-order valence-corrected chi connectivity index (χ0v) is 21.1. The second-order valence-electron chi connectivity index (χ2n) is 8.69. The molecule has 1 aromatic heterocycles. The number of benzene rings is 3. The van der Waals surface area contributed by atoms with Gasteiger partial charge in [0.25, 0.3) is 0 Å². The highest BCUT2D eigenvalue weighted by atomic mass is 32.2. The van der Waals surface area contributed by atoms with E-state index in [0.717, 1.165) is 39.4 Å². The summed E-state index contributed by atoms with van der Waals surface area (Å²) in [5, 5.41) is 0. The van der Waals surface area contributed by atoms with Crippen LogP contribution in [-0.2, 0) is 12.9 Å². The summed E-state index contributed by atoms with van der Waals surface area (Å²) in [6, 6.07) is 27.1.